The average molecular weight is 835 g/mol. The molecule has 0 unspecified atom stereocenters. The van der Waals surface area contributed by atoms with Gasteiger partial charge in [-0.1, -0.05) is 85.0 Å². The average Bonchev–Trinajstić information content (AvgIpc) is 3.68. The summed E-state index contributed by atoms with van der Waals surface area (Å²) in [5.41, 5.74) is 2.40. The lowest BCUT2D eigenvalue weighted by molar-refractivity contribution is -0.146. The number of rotatable bonds is 29. The normalized spacial score (nSPS) is 25.2. The second kappa shape index (κ2) is 28.3. The molecule has 0 spiro atoms. The van der Waals surface area contributed by atoms with Crippen molar-refractivity contribution < 1.29 is 49.7 Å². The summed E-state index contributed by atoms with van der Waals surface area (Å²) in [5.74, 6) is -0.704. The third-order valence-corrected chi connectivity index (χ3v) is 12.6. The first kappa shape index (κ1) is 49.3. The maximum atomic E-state index is 12.2. The Bertz CT molecular complexity index is 1400. The molecule has 60 heavy (non-hydrogen) atoms. The number of aryl methyl sites for hydroxylation is 2. The van der Waals surface area contributed by atoms with Gasteiger partial charge in [-0.3, -0.25) is 9.59 Å². The number of carbonyl (C=O) groups excluding carboxylic acids is 2. The van der Waals surface area contributed by atoms with Gasteiger partial charge in [-0.25, -0.2) is 0 Å². The highest BCUT2D eigenvalue weighted by molar-refractivity contribution is 5.69. The van der Waals surface area contributed by atoms with Gasteiger partial charge in [0.1, 0.15) is 0 Å². The Labute approximate surface area is 358 Å². The van der Waals surface area contributed by atoms with Crippen molar-refractivity contribution in [1.82, 2.24) is 0 Å². The van der Waals surface area contributed by atoms with Crippen LogP contribution in [0.1, 0.15) is 127 Å². The molecule has 0 amide bonds. The largest absolute Gasteiger partial charge is 0.466 e. The fourth-order valence-electron chi connectivity index (χ4n) is 9.02. The van der Waals surface area contributed by atoms with Crippen LogP contribution in [0.4, 0.5) is 0 Å². The van der Waals surface area contributed by atoms with Gasteiger partial charge >= 0.3 is 11.9 Å². The van der Waals surface area contributed by atoms with Gasteiger partial charge in [-0.05, 0) is 150 Å². The van der Waals surface area contributed by atoms with Crippen LogP contribution in [0.3, 0.4) is 0 Å². The third kappa shape index (κ3) is 18.7. The fraction of sp³-hybridized carbons (Fsp3) is 0.640. The van der Waals surface area contributed by atoms with Gasteiger partial charge in [0.05, 0.1) is 49.8 Å². The molecule has 0 heterocycles. The van der Waals surface area contributed by atoms with E-state index in [1.807, 2.05) is 60.7 Å². The van der Waals surface area contributed by atoms with E-state index in [2.05, 4.69) is 24.3 Å². The Morgan fingerprint density at radius 1 is 0.533 bits per heavy atom. The van der Waals surface area contributed by atoms with Crippen molar-refractivity contribution in [3.63, 3.8) is 0 Å². The second-order valence-electron chi connectivity index (χ2n) is 17.3. The fourth-order valence-corrected chi connectivity index (χ4v) is 9.02. The van der Waals surface area contributed by atoms with Crippen LogP contribution in [0.5, 0.6) is 0 Å². The molecule has 10 nitrogen and oxygen atoms in total. The number of hydrogen-bond donors (Lipinski definition) is 6. The first-order chi connectivity index (χ1) is 29.1. The van der Waals surface area contributed by atoms with E-state index in [1.165, 1.54) is 11.1 Å². The van der Waals surface area contributed by atoms with Gasteiger partial charge in [0, 0.05) is 12.8 Å². The predicted octanol–water partition coefficient (Wildman–Crippen LogP) is 7.35. The van der Waals surface area contributed by atoms with E-state index in [4.69, 9.17) is 9.47 Å². The van der Waals surface area contributed by atoms with Crippen LogP contribution in [-0.2, 0) is 31.9 Å². The summed E-state index contributed by atoms with van der Waals surface area (Å²) in [6.07, 6.45) is 17.1. The second-order valence-corrected chi connectivity index (χ2v) is 17.3. The van der Waals surface area contributed by atoms with E-state index in [0.29, 0.717) is 116 Å². The van der Waals surface area contributed by atoms with E-state index in [0.717, 1.165) is 12.8 Å². The van der Waals surface area contributed by atoms with E-state index < -0.39 is 36.6 Å². The van der Waals surface area contributed by atoms with Crippen molar-refractivity contribution in [2.75, 3.05) is 13.2 Å². The summed E-state index contributed by atoms with van der Waals surface area (Å²) in [7, 11) is 0. The third-order valence-electron chi connectivity index (χ3n) is 12.6. The number of carbonyl (C=O) groups is 2. The zero-order chi connectivity index (χ0) is 43.0. The van der Waals surface area contributed by atoms with Crippen LogP contribution in [0, 0.1) is 23.7 Å². The SMILES string of the molecule is O=C(CCC/C=C\C[C@@H]1[C@@H](CC[C@@H](O)CCc2ccccc2)[C@H](O)C[C@@H]1O)OCCCCOC(=O)CCC/C=C\C[C@@H]1[C@@H](CC[C@@H](O)CCc2ccccc2)[C@H](O)C[C@@H]1O. The molecule has 4 rings (SSSR count). The molecule has 2 saturated carbocycles. The summed E-state index contributed by atoms with van der Waals surface area (Å²) in [4.78, 5) is 24.4. The molecule has 6 N–H and O–H groups in total. The standard InChI is InChI=1S/C50H74O10/c51-39(27-25-37-17-7-5-8-18-37)29-31-43-41(45(53)35-47(43)55)21-11-1-3-13-23-49(57)59-33-15-16-34-60-50(58)24-14-4-2-12-22-42-44(48(56)36-46(42)54)32-30-40(52)28-26-38-19-9-6-10-20-38/h1-2,5-12,17-20,39-48,51-56H,3-4,13-16,21-36H2/b11-1-,12-2-/t39-,40-,41+,42+,43+,44+,45-,46-,47+,48+/m0/s1. The van der Waals surface area contributed by atoms with Crippen LogP contribution in [0.25, 0.3) is 0 Å². The molecule has 10 atom stereocenters. The maximum absolute atomic E-state index is 12.2. The van der Waals surface area contributed by atoms with E-state index in [1.54, 1.807) is 0 Å². The highest BCUT2D eigenvalue weighted by Crippen LogP contribution is 2.40. The molecule has 0 bridgehead atoms. The van der Waals surface area contributed by atoms with E-state index in [9.17, 15) is 40.2 Å². The lowest BCUT2D eigenvalue weighted by atomic mass is 9.85. The molecular formula is C50H74O10. The molecule has 334 valence electrons. The minimum atomic E-state index is -0.564. The highest BCUT2D eigenvalue weighted by Gasteiger charge is 2.41. The van der Waals surface area contributed by atoms with E-state index in [-0.39, 0.29) is 48.8 Å². The van der Waals surface area contributed by atoms with E-state index >= 15 is 0 Å². The molecule has 0 aromatic heterocycles. The molecule has 2 aromatic rings. The number of ether oxygens (including phenoxy) is 2. The summed E-state index contributed by atoms with van der Waals surface area (Å²) >= 11 is 0. The summed E-state index contributed by atoms with van der Waals surface area (Å²) in [6, 6.07) is 20.2. The van der Waals surface area contributed by atoms with Crippen LogP contribution >= 0.6 is 0 Å². The minimum absolute atomic E-state index is 0.0492. The molecule has 2 aliphatic carbocycles. The van der Waals surface area contributed by atoms with Crippen molar-refractivity contribution in [1.29, 1.82) is 0 Å². The lowest BCUT2D eigenvalue weighted by Gasteiger charge is -2.23. The van der Waals surface area contributed by atoms with Gasteiger partial charge in [-0.15, -0.1) is 0 Å². The van der Waals surface area contributed by atoms with Gasteiger partial charge < -0.3 is 40.1 Å². The van der Waals surface area contributed by atoms with Crippen LogP contribution in [-0.4, -0.2) is 92.4 Å². The molecule has 2 aromatic carbocycles. The minimum Gasteiger partial charge on any atom is -0.466 e. The zero-order valence-electron chi connectivity index (χ0n) is 35.7. The Morgan fingerprint density at radius 3 is 1.32 bits per heavy atom. The number of aliphatic hydroxyl groups is 6. The van der Waals surface area contributed by atoms with Crippen LogP contribution in [0.2, 0.25) is 0 Å². The molecule has 2 aliphatic rings. The van der Waals surface area contributed by atoms with Gasteiger partial charge in [-0.2, -0.15) is 0 Å². The monoisotopic (exact) mass is 835 g/mol. The summed E-state index contributed by atoms with van der Waals surface area (Å²) in [6.45, 7) is 0.563. The number of unbranched alkanes of at least 4 members (excludes halogenated alkanes) is 3. The maximum Gasteiger partial charge on any atom is 0.305 e. The smallest absolute Gasteiger partial charge is 0.305 e. The number of esters is 2. The van der Waals surface area contributed by atoms with Gasteiger partial charge in [0.15, 0.2) is 0 Å². The molecule has 0 aliphatic heterocycles. The molecular weight excluding hydrogens is 761 g/mol. The number of allylic oxidation sites excluding steroid dienone is 4. The first-order valence-corrected chi connectivity index (χ1v) is 22.9. The zero-order valence-corrected chi connectivity index (χ0v) is 35.7. The van der Waals surface area contributed by atoms with Crippen molar-refractivity contribution in [2.24, 2.45) is 23.7 Å². The van der Waals surface area contributed by atoms with Crippen molar-refractivity contribution in [3.05, 3.63) is 96.1 Å². The van der Waals surface area contributed by atoms with Crippen LogP contribution in [0.15, 0.2) is 85.0 Å². The van der Waals surface area contributed by atoms with Crippen molar-refractivity contribution in [3.8, 4) is 0 Å². The highest BCUT2D eigenvalue weighted by atomic mass is 16.5. The number of benzene rings is 2. The Morgan fingerprint density at radius 2 is 0.917 bits per heavy atom. The van der Waals surface area contributed by atoms with Crippen LogP contribution < -0.4 is 0 Å². The van der Waals surface area contributed by atoms with Crippen molar-refractivity contribution in [2.45, 2.75) is 165 Å². The Kier molecular flexibility index (Phi) is 23.2. The Hall–Kier alpha value is -3.38. The first-order valence-electron chi connectivity index (χ1n) is 22.9. The van der Waals surface area contributed by atoms with Gasteiger partial charge in [0.25, 0.3) is 0 Å². The lowest BCUT2D eigenvalue weighted by Crippen LogP contribution is -2.23. The van der Waals surface area contributed by atoms with Crippen molar-refractivity contribution >= 4 is 11.9 Å². The topological polar surface area (TPSA) is 174 Å². The summed E-state index contributed by atoms with van der Waals surface area (Å²) < 4.78 is 10.7. The quantitative estimate of drug-likeness (QED) is 0.0276. The number of aliphatic hydroxyl groups excluding tert-OH is 6. The molecule has 2 fully saturated rings. The molecule has 0 saturated heterocycles. The predicted molar refractivity (Wildman–Crippen MR) is 234 cm³/mol. The Balaban J connectivity index is 0.962. The molecule has 0 radical (unpaired) electrons. The molecule has 10 heteroatoms. The number of hydrogen-bond acceptors (Lipinski definition) is 10. The summed E-state index contributed by atoms with van der Waals surface area (Å²) in [5, 5.41) is 63.4. The van der Waals surface area contributed by atoms with Gasteiger partial charge in [0.2, 0.25) is 0 Å².